The van der Waals surface area contributed by atoms with Gasteiger partial charge in [-0.2, -0.15) is 9.97 Å². The fraction of sp³-hybridized carbons (Fsp3) is 0.429. The SMILES string of the molecule is [C-]#[N+]c1c(N)sc2c(F)ccc(-c3ccc4c(N(C)C5CCN(C(=O)C=C)[C@@H]5COC)nc(OC[C@@]56CCCN5C[C@H](F)C6)nc4c3)c12. The normalized spacial score (nSPS) is 23.9. The zero-order valence-electron chi connectivity index (χ0n) is 26.9. The van der Waals surface area contributed by atoms with Crippen molar-refractivity contribution < 1.29 is 23.0 Å². The van der Waals surface area contributed by atoms with E-state index in [2.05, 4.69) is 21.2 Å². The van der Waals surface area contributed by atoms with Crippen molar-refractivity contribution in [3.05, 3.63) is 60.2 Å². The molecule has 2 N–H and O–H groups in total. The number of likely N-dealkylation sites (N-methyl/N-ethyl adjacent to an activating group) is 1. The van der Waals surface area contributed by atoms with Gasteiger partial charge in [0, 0.05) is 44.4 Å². The number of likely N-dealkylation sites (tertiary alicyclic amines) is 1. The summed E-state index contributed by atoms with van der Waals surface area (Å²) in [5.74, 6) is 0.0229. The van der Waals surface area contributed by atoms with Crippen LogP contribution in [0.25, 0.3) is 37.0 Å². The maximum Gasteiger partial charge on any atom is 0.319 e. The number of anilines is 2. The first-order valence-electron chi connectivity index (χ1n) is 16.0. The number of amides is 1. The van der Waals surface area contributed by atoms with Crippen molar-refractivity contribution in [2.24, 2.45) is 0 Å². The molecule has 1 amide bonds. The Hall–Kier alpha value is -4.38. The minimum atomic E-state index is -0.893. The van der Waals surface area contributed by atoms with Crippen molar-refractivity contribution in [2.75, 3.05) is 57.6 Å². The summed E-state index contributed by atoms with van der Waals surface area (Å²) in [6.45, 7) is 13.8. The van der Waals surface area contributed by atoms with Gasteiger partial charge in [-0.15, -0.1) is 11.3 Å². The van der Waals surface area contributed by atoms with Gasteiger partial charge in [-0.3, -0.25) is 9.69 Å². The van der Waals surface area contributed by atoms with E-state index in [0.29, 0.717) is 59.5 Å². The van der Waals surface area contributed by atoms with E-state index in [1.807, 2.05) is 25.2 Å². The van der Waals surface area contributed by atoms with Gasteiger partial charge >= 0.3 is 6.01 Å². The zero-order valence-corrected chi connectivity index (χ0v) is 27.7. The number of benzene rings is 2. The van der Waals surface area contributed by atoms with E-state index in [4.69, 9.17) is 31.7 Å². The Balaban J connectivity index is 1.33. The third kappa shape index (κ3) is 5.32. The van der Waals surface area contributed by atoms with Crippen molar-refractivity contribution in [1.82, 2.24) is 19.8 Å². The molecule has 0 radical (unpaired) electrons. The van der Waals surface area contributed by atoms with Gasteiger partial charge in [0.15, 0.2) is 0 Å². The number of nitrogens with two attached hydrogens (primary N) is 1. The quantitative estimate of drug-likeness (QED) is 0.171. The number of rotatable bonds is 9. The second-order valence-electron chi connectivity index (χ2n) is 12.9. The zero-order chi connectivity index (χ0) is 33.7. The monoisotopic (exact) mass is 673 g/mol. The van der Waals surface area contributed by atoms with Gasteiger partial charge in [-0.05, 0) is 61.2 Å². The minimum absolute atomic E-state index is 0.128. The molecule has 4 atom stereocenters. The van der Waals surface area contributed by atoms with E-state index >= 15 is 0 Å². The fourth-order valence-electron chi connectivity index (χ4n) is 7.97. The van der Waals surface area contributed by atoms with Gasteiger partial charge in [-0.25, -0.2) is 13.6 Å². The average molecular weight is 674 g/mol. The number of hydrogen-bond acceptors (Lipinski definition) is 9. The fourth-order valence-corrected chi connectivity index (χ4v) is 8.91. The first kappa shape index (κ1) is 32.2. The van der Waals surface area contributed by atoms with Crippen LogP contribution in [-0.4, -0.2) is 96.5 Å². The van der Waals surface area contributed by atoms with Crippen LogP contribution in [0.15, 0.2) is 43.0 Å². The number of hydrogen-bond donors (Lipinski definition) is 1. The van der Waals surface area contributed by atoms with Gasteiger partial charge in [0.05, 0.1) is 46.0 Å². The number of nitrogens with zero attached hydrogens (tertiary/aromatic N) is 6. The molecule has 0 saturated carbocycles. The van der Waals surface area contributed by atoms with E-state index in [1.165, 1.54) is 12.1 Å². The molecule has 3 saturated heterocycles. The molecule has 2 aromatic carbocycles. The molecular formula is C35H37F2N7O3S. The number of methoxy groups -OCH3 is 1. The molecule has 48 heavy (non-hydrogen) atoms. The molecule has 3 aliphatic rings. The second-order valence-corrected chi connectivity index (χ2v) is 13.9. The molecule has 10 nitrogen and oxygen atoms in total. The first-order chi connectivity index (χ1) is 23.2. The largest absolute Gasteiger partial charge is 0.461 e. The smallest absolute Gasteiger partial charge is 0.319 e. The summed E-state index contributed by atoms with van der Waals surface area (Å²) in [5.41, 5.74) is 7.95. The van der Waals surface area contributed by atoms with Gasteiger partial charge in [0.1, 0.15) is 24.4 Å². The Bertz CT molecular complexity index is 1960. The first-order valence-corrected chi connectivity index (χ1v) is 16.9. The number of nitrogen functional groups attached to an aromatic ring is 1. The molecule has 4 aromatic rings. The Kier molecular flexibility index (Phi) is 8.43. The highest BCUT2D eigenvalue weighted by Gasteiger charge is 2.49. The maximum atomic E-state index is 14.9. The van der Waals surface area contributed by atoms with E-state index < -0.39 is 12.0 Å². The number of aromatic nitrogens is 2. The molecule has 250 valence electrons. The third-order valence-corrected chi connectivity index (χ3v) is 11.3. The summed E-state index contributed by atoms with van der Waals surface area (Å²) in [6, 6.07) is 8.54. The van der Waals surface area contributed by atoms with Crippen LogP contribution in [0, 0.1) is 12.4 Å². The maximum absolute atomic E-state index is 14.9. The predicted octanol–water partition coefficient (Wildman–Crippen LogP) is 5.98. The number of carbonyl (C=O) groups excluding carboxylic acids is 1. The van der Waals surface area contributed by atoms with Crippen molar-refractivity contribution in [3.63, 3.8) is 0 Å². The van der Waals surface area contributed by atoms with Crippen LogP contribution in [-0.2, 0) is 9.53 Å². The lowest BCUT2D eigenvalue weighted by atomic mass is 9.95. The molecule has 13 heteroatoms. The highest BCUT2D eigenvalue weighted by atomic mass is 32.1. The number of alkyl halides is 1. The summed E-state index contributed by atoms with van der Waals surface area (Å²) >= 11 is 1.06. The van der Waals surface area contributed by atoms with E-state index in [0.717, 1.165) is 41.7 Å². The molecule has 3 aliphatic heterocycles. The second kappa shape index (κ2) is 12.6. The lowest BCUT2D eigenvalue weighted by molar-refractivity contribution is -0.127. The van der Waals surface area contributed by atoms with Gasteiger partial charge in [0.2, 0.25) is 11.6 Å². The van der Waals surface area contributed by atoms with Crippen molar-refractivity contribution in [3.8, 4) is 17.1 Å². The standard InChI is InChI=1S/C35H37F2N7O3S/c1-5-28(45)44-14-11-26(27(44)18-46-4)42(3)33-23-8-7-20(22-9-10-24(37)31-29(22)30(39-2)32(38)48-31)15-25(23)40-34(41-33)47-19-35-12-6-13-43(35)17-21(36)16-35/h5,7-10,15,21,26-27H,1,6,11-14,16-19,38H2,3-4H3/t21-,26?,27-,35+/m1/s1. The molecule has 2 aromatic heterocycles. The van der Waals surface area contributed by atoms with Crippen LogP contribution in [0.3, 0.4) is 0 Å². The summed E-state index contributed by atoms with van der Waals surface area (Å²) in [5, 5.41) is 1.48. The highest BCUT2D eigenvalue weighted by molar-refractivity contribution is 7.23. The van der Waals surface area contributed by atoms with Gasteiger partial charge in [0.25, 0.3) is 0 Å². The van der Waals surface area contributed by atoms with Crippen molar-refractivity contribution in [2.45, 2.75) is 49.5 Å². The van der Waals surface area contributed by atoms with Crippen LogP contribution >= 0.6 is 11.3 Å². The van der Waals surface area contributed by atoms with Gasteiger partial charge < -0.3 is 25.0 Å². The molecule has 3 fully saturated rings. The predicted molar refractivity (Wildman–Crippen MR) is 184 cm³/mol. The average Bonchev–Trinajstić information content (AvgIpc) is 3.83. The Morgan fingerprint density at radius 3 is 2.92 bits per heavy atom. The highest BCUT2D eigenvalue weighted by Crippen LogP contribution is 2.47. The summed E-state index contributed by atoms with van der Waals surface area (Å²) in [4.78, 5) is 32.2. The Labute approximate surface area is 281 Å². The van der Waals surface area contributed by atoms with Crippen LogP contribution in [0.5, 0.6) is 6.01 Å². The number of ether oxygens (including phenoxy) is 2. The molecule has 0 spiro atoms. The summed E-state index contributed by atoms with van der Waals surface area (Å²) in [6.07, 6.45) is 3.37. The Morgan fingerprint density at radius 1 is 1.31 bits per heavy atom. The molecule has 1 unspecified atom stereocenters. The van der Waals surface area contributed by atoms with Gasteiger partial charge in [-0.1, -0.05) is 18.7 Å². The minimum Gasteiger partial charge on any atom is -0.461 e. The van der Waals surface area contributed by atoms with Crippen LogP contribution in [0.2, 0.25) is 0 Å². The third-order valence-electron chi connectivity index (χ3n) is 10.2. The van der Waals surface area contributed by atoms with Crippen molar-refractivity contribution >= 4 is 54.7 Å². The van der Waals surface area contributed by atoms with E-state index in [9.17, 15) is 13.6 Å². The topological polar surface area (TPSA) is 101 Å². The van der Waals surface area contributed by atoms with Crippen molar-refractivity contribution in [1.29, 1.82) is 0 Å². The number of halogens is 2. The molecule has 0 bridgehead atoms. The van der Waals surface area contributed by atoms with Crippen LogP contribution < -0.4 is 15.4 Å². The lowest BCUT2D eigenvalue weighted by Crippen LogP contribution is -2.48. The molecule has 5 heterocycles. The van der Waals surface area contributed by atoms with Crippen LogP contribution in [0.4, 0.5) is 25.3 Å². The molecule has 7 rings (SSSR count). The molecule has 0 aliphatic carbocycles. The number of thiophene rings is 1. The van der Waals surface area contributed by atoms with E-state index in [1.54, 1.807) is 18.1 Å². The molecular weight excluding hydrogens is 636 g/mol. The lowest BCUT2D eigenvalue weighted by Gasteiger charge is -2.34. The number of fused-ring (bicyclic) bond motifs is 3. The summed E-state index contributed by atoms with van der Waals surface area (Å²) in [7, 11) is 3.56. The van der Waals surface area contributed by atoms with E-state index in [-0.39, 0.29) is 46.8 Å². The number of carbonyl (C=O) groups is 1. The van der Waals surface area contributed by atoms with Crippen LogP contribution in [0.1, 0.15) is 25.7 Å². The summed E-state index contributed by atoms with van der Waals surface area (Å²) < 4.78 is 41.7. The Morgan fingerprint density at radius 2 is 2.15 bits per heavy atom.